The number of pyridine rings is 1. The van der Waals surface area contributed by atoms with E-state index >= 15 is 0 Å². The molecule has 0 aliphatic rings. The third-order valence-electron chi connectivity index (χ3n) is 4.84. The van der Waals surface area contributed by atoms with E-state index in [4.69, 9.17) is 4.42 Å². The lowest BCUT2D eigenvalue weighted by atomic mass is 9.93. The molecule has 0 atom stereocenters. The molecule has 2 aromatic carbocycles. The van der Waals surface area contributed by atoms with E-state index in [1.165, 1.54) is 48.2 Å². The van der Waals surface area contributed by atoms with Gasteiger partial charge >= 0.3 is 0 Å². The van der Waals surface area contributed by atoms with E-state index in [0.717, 1.165) is 0 Å². The van der Waals surface area contributed by atoms with Gasteiger partial charge < -0.3 is 8.98 Å². The number of nitro groups is 1. The van der Waals surface area contributed by atoms with Crippen molar-refractivity contribution >= 4 is 28.4 Å². The summed E-state index contributed by atoms with van der Waals surface area (Å²) in [5.74, 6) is -0.0443. The number of benzene rings is 2. The lowest BCUT2D eigenvalue weighted by Crippen LogP contribution is -2.25. The minimum atomic E-state index is -0.515. The number of allylic oxidation sites excluding steroid dienone is 1. The number of aryl methyl sites for hydroxylation is 1. The van der Waals surface area contributed by atoms with Gasteiger partial charge in [-0.3, -0.25) is 19.7 Å². The van der Waals surface area contributed by atoms with Crippen LogP contribution in [-0.2, 0) is 7.05 Å². The Bertz CT molecular complexity index is 1350. The van der Waals surface area contributed by atoms with Crippen LogP contribution >= 0.6 is 0 Å². The van der Waals surface area contributed by atoms with Crippen LogP contribution in [0.2, 0.25) is 0 Å². The van der Waals surface area contributed by atoms with Crippen LogP contribution in [0, 0.1) is 10.1 Å². The number of fused-ring (bicyclic) bond motifs is 1. The van der Waals surface area contributed by atoms with E-state index < -0.39 is 16.3 Å². The zero-order valence-corrected chi connectivity index (χ0v) is 15.9. The van der Waals surface area contributed by atoms with Gasteiger partial charge in [0.15, 0.2) is 5.78 Å². The second kappa shape index (κ2) is 7.63. The van der Waals surface area contributed by atoms with Gasteiger partial charge in [0.1, 0.15) is 5.76 Å². The largest absolute Gasteiger partial charge is 0.465 e. The minimum absolute atomic E-state index is 0.0560. The number of non-ortho nitro benzene ring substituents is 1. The summed E-state index contributed by atoms with van der Waals surface area (Å²) in [6.45, 7) is 0. The molecule has 2 aromatic heterocycles. The monoisotopic (exact) mass is 400 g/mol. The number of carbonyl (C=O) groups is 1. The third-order valence-corrected chi connectivity index (χ3v) is 4.84. The van der Waals surface area contributed by atoms with Crippen LogP contribution in [0.3, 0.4) is 0 Å². The molecule has 0 saturated heterocycles. The van der Waals surface area contributed by atoms with E-state index in [9.17, 15) is 19.7 Å². The van der Waals surface area contributed by atoms with Crippen LogP contribution < -0.4 is 5.56 Å². The van der Waals surface area contributed by atoms with Gasteiger partial charge in [0.05, 0.1) is 22.3 Å². The quantitative estimate of drug-likeness (QED) is 0.211. The maximum absolute atomic E-state index is 13.1. The van der Waals surface area contributed by atoms with Crippen molar-refractivity contribution in [1.29, 1.82) is 0 Å². The lowest BCUT2D eigenvalue weighted by Gasteiger charge is -2.14. The molecule has 4 aromatic rings. The van der Waals surface area contributed by atoms with Gasteiger partial charge in [-0.05, 0) is 35.9 Å². The summed E-state index contributed by atoms with van der Waals surface area (Å²) in [6, 6.07) is 16.5. The molecule has 0 radical (unpaired) electrons. The average Bonchev–Trinajstić information content (AvgIpc) is 3.28. The molecule has 7 heteroatoms. The van der Waals surface area contributed by atoms with Gasteiger partial charge in [-0.1, -0.05) is 30.3 Å². The first-order chi connectivity index (χ1) is 14.5. The maximum atomic E-state index is 13.1. The fourth-order valence-corrected chi connectivity index (χ4v) is 3.41. The van der Waals surface area contributed by atoms with Crippen molar-refractivity contribution in [2.24, 2.45) is 7.05 Å². The molecular weight excluding hydrogens is 384 g/mol. The van der Waals surface area contributed by atoms with Crippen LogP contribution in [0.15, 0.2) is 82.2 Å². The first kappa shape index (κ1) is 19.1. The minimum Gasteiger partial charge on any atom is -0.465 e. The first-order valence-electron chi connectivity index (χ1n) is 9.10. The molecule has 148 valence electrons. The standard InChI is InChI=1S/C23H16N2O5/c1-24-19-11-9-16(25(28)29)14-18(19)21(15-6-3-2-4-7-15)22(23(24)27)20(26)12-10-17-8-5-13-30-17/h2-14H,1H3. The molecular formula is C23H16N2O5. The van der Waals surface area contributed by atoms with Crippen molar-refractivity contribution in [2.75, 3.05) is 0 Å². The summed E-state index contributed by atoms with van der Waals surface area (Å²) >= 11 is 0. The second-order valence-electron chi connectivity index (χ2n) is 6.65. The van der Waals surface area contributed by atoms with Crippen LogP contribution in [-0.4, -0.2) is 15.3 Å². The normalized spacial score (nSPS) is 11.2. The SMILES string of the molecule is Cn1c(=O)c(C(=O)C=Cc2ccco2)c(-c2ccccc2)c2cc([N+](=O)[O-])ccc21. The fraction of sp³-hybridized carbons (Fsp3) is 0.0435. The Balaban J connectivity index is 2.05. The smallest absolute Gasteiger partial charge is 0.270 e. The lowest BCUT2D eigenvalue weighted by molar-refractivity contribution is -0.384. The summed E-state index contributed by atoms with van der Waals surface area (Å²) in [5, 5.41) is 11.8. The molecule has 0 saturated carbocycles. The van der Waals surface area contributed by atoms with Crippen LogP contribution in [0.4, 0.5) is 5.69 Å². The molecule has 0 aliphatic carbocycles. The summed E-state index contributed by atoms with van der Waals surface area (Å²) in [5.41, 5.74) is 0.824. The Morgan fingerprint density at radius 2 is 1.87 bits per heavy atom. The number of furan rings is 1. The predicted octanol–water partition coefficient (Wildman–Crippen LogP) is 4.60. The molecule has 0 bridgehead atoms. The van der Waals surface area contributed by atoms with Crippen molar-refractivity contribution in [1.82, 2.24) is 4.57 Å². The summed E-state index contributed by atoms with van der Waals surface area (Å²) in [6.07, 6.45) is 4.23. The van der Waals surface area contributed by atoms with Crippen molar-refractivity contribution in [3.05, 3.63) is 105 Å². The number of nitrogens with zero attached hydrogens (tertiary/aromatic N) is 2. The van der Waals surface area contributed by atoms with Crippen LogP contribution in [0.5, 0.6) is 0 Å². The van der Waals surface area contributed by atoms with Gasteiger partial charge in [0.25, 0.3) is 11.2 Å². The molecule has 4 rings (SSSR count). The van der Waals surface area contributed by atoms with E-state index in [2.05, 4.69) is 0 Å². The number of rotatable bonds is 5. The summed E-state index contributed by atoms with van der Waals surface area (Å²) in [7, 11) is 1.54. The Labute approximate surface area is 170 Å². The van der Waals surface area contributed by atoms with E-state index in [0.29, 0.717) is 27.8 Å². The zero-order chi connectivity index (χ0) is 21.3. The maximum Gasteiger partial charge on any atom is 0.270 e. The zero-order valence-electron chi connectivity index (χ0n) is 15.9. The topological polar surface area (TPSA) is 95.3 Å². The highest BCUT2D eigenvalue weighted by Crippen LogP contribution is 2.33. The Morgan fingerprint density at radius 1 is 1.10 bits per heavy atom. The highest BCUT2D eigenvalue weighted by molar-refractivity contribution is 6.15. The highest BCUT2D eigenvalue weighted by Gasteiger charge is 2.22. The summed E-state index contributed by atoms with van der Waals surface area (Å²) < 4.78 is 6.54. The van der Waals surface area contributed by atoms with Gasteiger partial charge in [-0.2, -0.15) is 0 Å². The van der Waals surface area contributed by atoms with Crippen molar-refractivity contribution in [2.45, 2.75) is 0 Å². The van der Waals surface area contributed by atoms with Gasteiger partial charge in [-0.15, -0.1) is 0 Å². The first-order valence-corrected chi connectivity index (χ1v) is 9.10. The number of hydrogen-bond donors (Lipinski definition) is 0. The molecule has 2 heterocycles. The number of carbonyl (C=O) groups excluding carboxylic acids is 1. The molecule has 0 unspecified atom stereocenters. The molecule has 0 spiro atoms. The Morgan fingerprint density at radius 3 is 2.53 bits per heavy atom. The third kappa shape index (κ3) is 3.33. The molecule has 7 nitrogen and oxygen atoms in total. The summed E-state index contributed by atoms with van der Waals surface area (Å²) in [4.78, 5) is 37.1. The molecule has 0 N–H and O–H groups in total. The van der Waals surface area contributed by atoms with Gasteiger partial charge in [0.2, 0.25) is 0 Å². The molecule has 0 aliphatic heterocycles. The van der Waals surface area contributed by atoms with Gasteiger partial charge in [-0.25, -0.2) is 0 Å². The molecule has 0 amide bonds. The van der Waals surface area contributed by atoms with Crippen molar-refractivity contribution in [3.8, 4) is 11.1 Å². The van der Waals surface area contributed by atoms with E-state index in [1.54, 1.807) is 36.4 Å². The number of aromatic nitrogens is 1. The number of nitro benzene ring substituents is 1. The number of ketones is 1. The highest BCUT2D eigenvalue weighted by atomic mass is 16.6. The fourth-order valence-electron chi connectivity index (χ4n) is 3.41. The predicted molar refractivity (Wildman–Crippen MR) is 113 cm³/mol. The van der Waals surface area contributed by atoms with Crippen molar-refractivity contribution in [3.63, 3.8) is 0 Å². The van der Waals surface area contributed by atoms with Crippen LogP contribution in [0.1, 0.15) is 16.1 Å². The average molecular weight is 400 g/mol. The number of hydrogen-bond acceptors (Lipinski definition) is 5. The Hall–Kier alpha value is -4.26. The van der Waals surface area contributed by atoms with E-state index in [1.807, 2.05) is 6.07 Å². The van der Waals surface area contributed by atoms with Crippen molar-refractivity contribution < 1.29 is 14.1 Å². The van der Waals surface area contributed by atoms with E-state index in [-0.39, 0.29) is 11.3 Å². The van der Waals surface area contributed by atoms with Crippen LogP contribution in [0.25, 0.3) is 28.1 Å². The Kier molecular flexibility index (Phi) is 4.85. The molecule has 0 fully saturated rings. The van der Waals surface area contributed by atoms with Gasteiger partial charge in [0, 0.05) is 30.1 Å². The second-order valence-corrected chi connectivity index (χ2v) is 6.65. The molecule has 30 heavy (non-hydrogen) atoms.